The Morgan fingerprint density at radius 1 is 1.03 bits per heavy atom. The number of nitrogens with zero attached hydrogens (tertiary/aromatic N) is 3. The van der Waals surface area contributed by atoms with Crippen LogP contribution in [0.4, 0.5) is 4.39 Å². The number of aryl methyl sites for hydroxylation is 2. The standard InChI is InChI=1S/C25H26FN3O3/c1-18-4-2-5-20(16-18)25(31)29-13-3-12-28(14-15-29)24(30)11-10-23-27-17-22(32-23)19-6-8-21(26)9-7-19/h2,4-9,16-17H,3,10-15H2,1H3. The molecular formula is C25H26FN3O3. The molecule has 0 saturated carbocycles. The fourth-order valence-electron chi connectivity index (χ4n) is 3.88. The third kappa shape index (κ3) is 5.22. The highest BCUT2D eigenvalue weighted by Gasteiger charge is 2.23. The first-order valence-corrected chi connectivity index (χ1v) is 10.8. The van der Waals surface area contributed by atoms with Crippen molar-refractivity contribution < 1.29 is 18.4 Å². The van der Waals surface area contributed by atoms with Crippen molar-refractivity contribution in [3.8, 4) is 11.3 Å². The van der Waals surface area contributed by atoms with Gasteiger partial charge in [0.1, 0.15) is 5.82 Å². The molecule has 0 bridgehead atoms. The van der Waals surface area contributed by atoms with Crippen LogP contribution in [0.25, 0.3) is 11.3 Å². The van der Waals surface area contributed by atoms with Gasteiger partial charge in [0.25, 0.3) is 5.91 Å². The van der Waals surface area contributed by atoms with E-state index in [1.807, 2.05) is 41.0 Å². The summed E-state index contributed by atoms with van der Waals surface area (Å²) in [6.45, 7) is 4.27. The Morgan fingerprint density at radius 3 is 2.56 bits per heavy atom. The number of hydrogen-bond donors (Lipinski definition) is 0. The number of benzene rings is 2. The van der Waals surface area contributed by atoms with Crippen LogP contribution in [0.15, 0.2) is 59.1 Å². The van der Waals surface area contributed by atoms with Gasteiger partial charge in [0.05, 0.1) is 6.20 Å². The smallest absolute Gasteiger partial charge is 0.253 e. The molecule has 166 valence electrons. The van der Waals surface area contributed by atoms with Gasteiger partial charge in [-0.15, -0.1) is 0 Å². The first kappa shape index (κ1) is 21.7. The van der Waals surface area contributed by atoms with E-state index >= 15 is 0 Å². The second-order valence-corrected chi connectivity index (χ2v) is 8.02. The fourth-order valence-corrected chi connectivity index (χ4v) is 3.88. The van der Waals surface area contributed by atoms with Gasteiger partial charge in [-0.3, -0.25) is 9.59 Å². The number of amides is 2. The van der Waals surface area contributed by atoms with Crippen LogP contribution in [0.1, 0.15) is 34.7 Å². The van der Waals surface area contributed by atoms with Crippen LogP contribution < -0.4 is 0 Å². The molecule has 0 radical (unpaired) electrons. The van der Waals surface area contributed by atoms with Crippen molar-refractivity contribution in [1.29, 1.82) is 0 Å². The average molecular weight is 435 g/mol. The number of oxazole rings is 1. The van der Waals surface area contributed by atoms with Gasteiger partial charge in [0.2, 0.25) is 5.91 Å². The summed E-state index contributed by atoms with van der Waals surface area (Å²) in [4.78, 5) is 33.4. The zero-order valence-corrected chi connectivity index (χ0v) is 18.1. The third-order valence-corrected chi connectivity index (χ3v) is 5.64. The summed E-state index contributed by atoms with van der Waals surface area (Å²) >= 11 is 0. The van der Waals surface area contributed by atoms with E-state index < -0.39 is 0 Å². The van der Waals surface area contributed by atoms with Crippen LogP contribution in [-0.2, 0) is 11.2 Å². The molecule has 0 aliphatic carbocycles. The number of carbonyl (C=O) groups is 2. The Bertz CT molecular complexity index is 1090. The van der Waals surface area contributed by atoms with Crippen molar-refractivity contribution in [2.75, 3.05) is 26.2 Å². The Labute approximate surface area is 186 Å². The van der Waals surface area contributed by atoms with E-state index in [2.05, 4.69) is 4.98 Å². The molecule has 1 saturated heterocycles. The summed E-state index contributed by atoms with van der Waals surface area (Å²) in [7, 11) is 0. The molecule has 7 heteroatoms. The van der Waals surface area contributed by atoms with Crippen LogP contribution in [0.5, 0.6) is 0 Å². The molecule has 0 atom stereocenters. The van der Waals surface area contributed by atoms with E-state index in [9.17, 15) is 14.0 Å². The number of halogens is 1. The summed E-state index contributed by atoms with van der Waals surface area (Å²) < 4.78 is 18.8. The number of carbonyl (C=O) groups excluding carboxylic acids is 2. The second-order valence-electron chi connectivity index (χ2n) is 8.02. The van der Waals surface area contributed by atoms with E-state index in [1.54, 1.807) is 18.3 Å². The van der Waals surface area contributed by atoms with Gasteiger partial charge in [0, 0.05) is 50.1 Å². The quantitative estimate of drug-likeness (QED) is 0.605. The lowest BCUT2D eigenvalue weighted by molar-refractivity contribution is -0.131. The predicted molar refractivity (Wildman–Crippen MR) is 118 cm³/mol. The first-order chi connectivity index (χ1) is 15.5. The average Bonchev–Trinajstić information content (AvgIpc) is 3.13. The third-order valence-electron chi connectivity index (χ3n) is 5.64. The van der Waals surface area contributed by atoms with Gasteiger partial charge < -0.3 is 14.2 Å². The number of rotatable bonds is 5. The minimum absolute atomic E-state index is 0.0103. The van der Waals surface area contributed by atoms with E-state index in [1.165, 1.54) is 12.1 Å². The van der Waals surface area contributed by atoms with Crippen LogP contribution >= 0.6 is 0 Å². The summed E-state index contributed by atoms with van der Waals surface area (Å²) in [5.74, 6) is 0.749. The Kier molecular flexibility index (Phi) is 6.63. The molecule has 6 nitrogen and oxygen atoms in total. The largest absolute Gasteiger partial charge is 0.441 e. The van der Waals surface area contributed by atoms with Gasteiger partial charge in [-0.05, 0) is 49.7 Å². The molecule has 2 amide bonds. The van der Waals surface area contributed by atoms with Gasteiger partial charge in [0.15, 0.2) is 11.7 Å². The van der Waals surface area contributed by atoms with Crippen molar-refractivity contribution in [1.82, 2.24) is 14.8 Å². The Morgan fingerprint density at radius 2 is 1.78 bits per heavy atom. The SMILES string of the molecule is Cc1cccc(C(=O)N2CCCN(C(=O)CCc3ncc(-c4ccc(F)cc4)o3)CC2)c1. The van der Waals surface area contributed by atoms with Crippen LogP contribution in [0.2, 0.25) is 0 Å². The zero-order valence-electron chi connectivity index (χ0n) is 18.1. The highest BCUT2D eigenvalue weighted by atomic mass is 19.1. The topological polar surface area (TPSA) is 66.7 Å². The lowest BCUT2D eigenvalue weighted by atomic mass is 10.1. The van der Waals surface area contributed by atoms with Crippen molar-refractivity contribution in [2.24, 2.45) is 0 Å². The molecule has 4 rings (SSSR count). The summed E-state index contributed by atoms with van der Waals surface area (Å²) in [5, 5.41) is 0. The molecule has 3 aromatic rings. The number of aromatic nitrogens is 1. The van der Waals surface area contributed by atoms with Crippen molar-refractivity contribution >= 4 is 11.8 Å². The second kappa shape index (κ2) is 9.77. The summed E-state index contributed by atoms with van der Waals surface area (Å²) in [6, 6.07) is 13.6. The fraction of sp³-hybridized carbons (Fsp3) is 0.320. The minimum Gasteiger partial charge on any atom is -0.441 e. The lowest BCUT2D eigenvalue weighted by Gasteiger charge is -2.22. The Balaban J connectivity index is 1.30. The number of hydrogen-bond acceptors (Lipinski definition) is 4. The van der Waals surface area contributed by atoms with Gasteiger partial charge in [-0.2, -0.15) is 0 Å². The van der Waals surface area contributed by atoms with Gasteiger partial charge in [-0.25, -0.2) is 9.37 Å². The van der Waals surface area contributed by atoms with Crippen LogP contribution in [-0.4, -0.2) is 52.8 Å². The van der Waals surface area contributed by atoms with Gasteiger partial charge >= 0.3 is 0 Å². The molecule has 1 aliphatic rings. The predicted octanol–water partition coefficient (Wildman–Crippen LogP) is 4.10. The molecule has 1 aliphatic heterocycles. The van der Waals surface area contributed by atoms with Crippen LogP contribution in [0, 0.1) is 12.7 Å². The van der Waals surface area contributed by atoms with E-state index in [0.717, 1.165) is 17.5 Å². The molecule has 0 N–H and O–H groups in total. The van der Waals surface area contributed by atoms with Crippen LogP contribution in [0.3, 0.4) is 0 Å². The Hall–Kier alpha value is -3.48. The maximum atomic E-state index is 13.1. The summed E-state index contributed by atoms with van der Waals surface area (Å²) in [5.41, 5.74) is 2.48. The molecule has 1 fully saturated rings. The normalized spacial score (nSPS) is 14.3. The molecule has 2 heterocycles. The highest BCUT2D eigenvalue weighted by Crippen LogP contribution is 2.21. The van der Waals surface area contributed by atoms with Crippen molar-refractivity contribution in [3.05, 3.63) is 77.6 Å². The van der Waals surface area contributed by atoms with Crippen molar-refractivity contribution in [3.63, 3.8) is 0 Å². The minimum atomic E-state index is -0.310. The van der Waals surface area contributed by atoms with E-state index in [-0.39, 0.29) is 24.1 Å². The molecular weight excluding hydrogens is 409 g/mol. The maximum absolute atomic E-state index is 13.1. The monoisotopic (exact) mass is 435 g/mol. The highest BCUT2D eigenvalue weighted by molar-refractivity contribution is 5.94. The molecule has 32 heavy (non-hydrogen) atoms. The van der Waals surface area contributed by atoms with E-state index in [4.69, 9.17) is 4.42 Å². The van der Waals surface area contributed by atoms with Crippen molar-refractivity contribution in [2.45, 2.75) is 26.2 Å². The lowest BCUT2D eigenvalue weighted by Crippen LogP contribution is -2.37. The zero-order chi connectivity index (χ0) is 22.5. The molecule has 0 spiro atoms. The molecule has 2 aromatic carbocycles. The maximum Gasteiger partial charge on any atom is 0.253 e. The molecule has 0 unspecified atom stereocenters. The summed E-state index contributed by atoms with van der Waals surface area (Å²) in [6.07, 6.45) is 3.02. The van der Waals surface area contributed by atoms with E-state index in [0.29, 0.717) is 49.8 Å². The first-order valence-electron chi connectivity index (χ1n) is 10.8. The molecule has 1 aromatic heterocycles. The van der Waals surface area contributed by atoms with Gasteiger partial charge in [-0.1, -0.05) is 17.7 Å².